The molecule has 4 nitrogen and oxygen atoms in total. The second-order valence-electron chi connectivity index (χ2n) is 5.77. The number of nitrogens with zero attached hydrogens (tertiary/aromatic N) is 3. The number of piperidine rings is 1. The van der Waals surface area contributed by atoms with E-state index >= 15 is 0 Å². The molecule has 1 fully saturated rings. The monoisotopic (exact) mass is 342 g/mol. The standard InChI is InChI=1S/C15H27BrN4/c1-4-12-15(16)14(20(5-2)18-12)10-19-9-7-6-8-13(19)11(3)17/h11,13H,4-10,17H2,1-3H3. The molecule has 1 aliphatic rings. The fourth-order valence-electron chi connectivity index (χ4n) is 3.17. The summed E-state index contributed by atoms with van der Waals surface area (Å²) in [6.45, 7) is 9.46. The Labute approximate surface area is 130 Å². The van der Waals surface area contributed by atoms with E-state index in [0.717, 1.165) is 31.7 Å². The van der Waals surface area contributed by atoms with E-state index in [0.29, 0.717) is 6.04 Å². The maximum atomic E-state index is 6.18. The maximum Gasteiger partial charge on any atom is 0.0767 e. The lowest BCUT2D eigenvalue weighted by atomic mass is 9.97. The van der Waals surface area contributed by atoms with Crippen molar-refractivity contribution in [3.05, 3.63) is 15.9 Å². The van der Waals surface area contributed by atoms with Gasteiger partial charge in [0, 0.05) is 25.2 Å². The first kappa shape index (κ1) is 16.0. The van der Waals surface area contributed by atoms with E-state index in [4.69, 9.17) is 10.8 Å². The van der Waals surface area contributed by atoms with Crippen molar-refractivity contribution in [3.63, 3.8) is 0 Å². The van der Waals surface area contributed by atoms with Gasteiger partial charge in [-0.2, -0.15) is 5.10 Å². The largest absolute Gasteiger partial charge is 0.327 e. The summed E-state index contributed by atoms with van der Waals surface area (Å²) in [5.74, 6) is 0. The Kier molecular flexibility index (Phi) is 5.64. The molecule has 0 spiro atoms. The minimum atomic E-state index is 0.234. The highest BCUT2D eigenvalue weighted by Crippen LogP contribution is 2.27. The number of aromatic nitrogens is 2. The van der Waals surface area contributed by atoms with Crippen LogP contribution in [-0.2, 0) is 19.5 Å². The van der Waals surface area contributed by atoms with E-state index in [2.05, 4.69) is 46.3 Å². The highest BCUT2D eigenvalue weighted by atomic mass is 79.9. The van der Waals surface area contributed by atoms with Crippen LogP contribution in [0.3, 0.4) is 0 Å². The molecule has 2 atom stereocenters. The Balaban J connectivity index is 2.21. The number of hydrogen-bond donors (Lipinski definition) is 1. The molecule has 0 aromatic carbocycles. The number of nitrogens with two attached hydrogens (primary N) is 1. The molecule has 1 saturated heterocycles. The van der Waals surface area contributed by atoms with Crippen molar-refractivity contribution in [2.24, 2.45) is 5.73 Å². The van der Waals surface area contributed by atoms with Crippen LogP contribution >= 0.6 is 15.9 Å². The first-order valence-corrected chi connectivity index (χ1v) is 8.61. The second-order valence-corrected chi connectivity index (χ2v) is 6.56. The molecule has 5 heteroatoms. The van der Waals surface area contributed by atoms with Crippen LogP contribution in [0.2, 0.25) is 0 Å². The van der Waals surface area contributed by atoms with Gasteiger partial charge in [-0.1, -0.05) is 13.3 Å². The van der Waals surface area contributed by atoms with Crippen LogP contribution in [0.5, 0.6) is 0 Å². The Bertz CT molecular complexity index is 441. The van der Waals surface area contributed by atoms with E-state index < -0.39 is 0 Å². The minimum absolute atomic E-state index is 0.234. The van der Waals surface area contributed by atoms with E-state index in [-0.39, 0.29) is 6.04 Å². The van der Waals surface area contributed by atoms with Crippen molar-refractivity contribution in [1.82, 2.24) is 14.7 Å². The summed E-state index contributed by atoms with van der Waals surface area (Å²) in [6.07, 6.45) is 4.77. The number of rotatable bonds is 5. The van der Waals surface area contributed by atoms with E-state index in [1.165, 1.54) is 29.4 Å². The molecule has 0 amide bonds. The van der Waals surface area contributed by atoms with Gasteiger partial charge in [0.15, 0.2) is 0 Å². The summed E-state index contributed by atoms with van der Waals surface area (Å²) < 4.78 is 3.33. The lowest BCUT2D eigenvalue weighted by molar-refractivity contribution is 0.119. The lowest BCUT2D eigenvalue weighted by Crippen LogP contribution is -2.48. The molecular formula is C15H27BrN4. The SMILES string of the molecule is CCc1nn(CC)c(CN2CCCCC2C(C)N)c1Br. The van der Waals surface area contributed by atoms with Crippen molar-refractivity contribution in [3.8, 4) is 0 Å². The van der Waals surface area contributed by atoms with Crippen molar-refractivity contribution in [2.75, 3.05) is 6.54 Å². The van der Waals surface area contributed by atoms with E-state index in [1.807, 2.05) is 0 Å². The highest BCUT2D eigenvalue weighted by molar-refractivity contribution is 9.10. The van der Waals surface area contributed by atoms with Crippen molar-refractivity contribution >= 4 is 15.9 Å². The van der Waals surface area contributed by atoms with Gasteiger partial charge in [0.2, 0.25) is 0 Å². The molecule has 2 rings (SSSR count). The molecular weight excluding hydrogens is 316 g/mol. The third kappa shape index (κ3) is 3.26. The van der Waals surface area contributed by atoms with Gasteiger partial charge < -0.3 is 5.73 Å². The van der Waals surface area contributed by atoms with Crippen LogP contribution in [0, 0.1) is 0 Å². The van der Waals surface area contributed by atoms with Crippen LogP contribution in [-0.4, -0.2) is 33.3 Å². The first-order chi connectivity index (χ1) is 9.58. The predicted molar refractivity (Wildman–Crippen MR) is 86.7 cm³/mol. The quantitative estimate of drug-likeness (QED) is 0.894. The van der Waals surface area contributed by atoms with E-state index in [1.54, 1.807) is 0 Å². The van der Waals surface area contributed by atoms with Gasteiger partial charge in [0.25, 0.3) is 0 Å². The van der Waals surface area contributed by atoms with E-state index in [9.17, 15) is 0 Å². The average molecular weight is 343 g/mol. The third-order valence-corrected chi connectivity index (χ3v) is 5.23. The molecule has 2 unspecified atom stereocenters. The Hall–Kier alpha value is -0.390. The summed E-state index contributed by atoms with van der Waals surface area (Å²) >= 11 is 3.75. The number of halogens is 1. The molecule has 1 aromatic heterocycles. The number of aryl methyl sites for hydroxylation is 2. The normalized spacial score (nSPS) is 22.1. The fourth-order valence-corrected chi connectivity index (χ4v) is 3.86. The Morgan fingerprint density at radius 1 is 1.40 bits per heavy atom. The van der Waals surface area contributed by atoms with Crippen LogP contribution in [0.4, 0.5) is 0 Å². The lowest BCUT2D eigenvalue weighted by Gasteiger charge is -2.38. The summed E-state index contributed by atoms with van der Waals surface area (Å²) in [4.78, 5) is 2.54. The molecule has 0 aliphatic carbocycles. The zero-order valence-electron chi connectivity index (χ0n) is 12.9. The molecule has 1 aliphatic heterocycles. The first-order valence-electron chi connectivity index (χ1n) is 7.82. The molecule has 0 saturated carbocycles. The molecule has 20 heavy (non-hydrogen) atoms. The zero-order chi connectivity index (χ0) is 14.7. The molecule has 0 bridgehead atoms. The summed E-state index contributed by atoms with van der Waals surface area (Å²) in [7, 11) is 0. The molecule has 0 radical (unpaired) electrons. The van der Waals surface area contributed by atoms with Gasteiger partial charge in [0.1, 0.15) is 0 Å². The van der Waals surface area contributed by atoms with Gasteiger partial charge >= 0.3 is 0 Å². The molecule has 1 aromatic rings. The summed E-state index contributed by atoms with van der Waals surface area (Å²) in [6, 6.07) is 0.735. The summed E-state index contributed by atoms with van der Waals surface area (Å²) in [5, 5.41) is 4.69. The highest BCUT2D eigenvalue weighted by Gasteiger charge is 2.27. The van der Waals surface area contributed by atoms with Crippen molar-refractivity contribution in [1.29, 1.82) is 0 Å². The van der Waals surface area contributed by atoms with Gasteiger partial charge in [-0.05, 0) is 55.6 Å². The predicted octanol–water partition coefficient (Wildman–Crippen LogP) is 2.93. The van der Waals surface area contributed by atoms with Gasteiger partial charge in [0.05, 0.1) is 15.9 Å². The van der Waals surface area contributed by atoms with Gasteiger partial charge in [-0.25, -0.2) is 0 Å². The third-order valence-electron chi connectivity index (χ3n) is 4.32. The molecule has 2 heterocycles. The number of likely N-dealkylation sites (tertiary alicyclic amines) is 1. The van der Waals surface area contributed by atoms with Crippen LogP contribution in [0.25, 0.3) is 0 Å². The fraction of sp³-hybridized carbons (Fsp3) is 0.800. The van der Waals surface area contributed by atoms with Crippen LogP contribution < -0.4 is 5.73 Å². The number of hydrogen-bond acceptors (Lipinski definition) is 3. The topological polar surface area (TPSA) is 47.1 Å². The Morgan fingerprint density at radius 3 is 2.75 bits per heavy atom. The van der Waals surface area contributed by atoms with Crippen LogP contribution in [0.1, 0.15) is 51.4 Å². The van der Waals surface area contributed by atoms with Crippen molar-refractivity contribution < 1.29 is 0 Å². The van der Waals surface area contributed by atoms with Gasteiger partial charge in [-0.3, -0.25) is 9.58 Å². The van der Waals surface area contributed by atoms with Crippen LogP contribution in [0.15, 0.2) is 4.47 Å². The maximum absolute atomic E-state index is 6.18. The second kappa shape index (κ2) is 7.05. The minimum Gasteiger partial charge on any atom is -0.327 e. The summed E-state index contributed by atoms with van der Waals surface area (Å²) in [5.41, 5.74) is 8.64. The van der Waals surface area contributed by atoms with Gasteiger partial charge in [-0.15, -0.1) is 0 Å². The molecule has 114 valence electrons. The smallest absolute Gasteiger partial charge is 0.0767 e. The van der Waals surface area contributed by atoms with Crippen molar-refractivity contribution in [2.45, 2.75) is 71.6 Å². The Morgan fingerprint density at radius 2 is 2.15 bits per heavy atom. The molecule has 2 N–H and O–H groups in total. The average Bonchev–Trinajstić information content (AvgIpc) is 2.75. The zero-order valence-corrected chi connectivity index (χ0v) is 14.5.